The minimum atomic E-state index is -0.857. The molecule has 0 aromatic carbocycles. The smallest absolute Gasteiger partial charge is 0.334 e. The Morgan fingerprint density at radius 2 is 2.05 bits per heavy atom. The number of rotatable bonds is 0. The molecule has 2 N–H and O–H groups in total. The van der Waals surface area contributed by atoms with Gasteiger partial charge in [0.2, 0.25) is 0 Å². The summed E-state index contributed by atoms with van der Waals surface area (Å²) in [5, 5.41) is 20.2. The Hall–Kier alpha value is -1.39. The molecule has 2 aliphatic rings. The van der Waals surface area contributed by atoms with Gasteiger partial charge in [0.1, 0.15) is 6.10 Å². The van der Waals surface area contributed by atoms with Crippen LogP contribution in [0.15, 0.2) is 35.5 Å². The van der Waals surface area contributed by atoms with Crippen LogP contribution in [0.5, 0.6) is 0 Å². The third kappa shape index (κ3) is 2.80. The normalized spacial score (nSPS) is 41.7. The molecule has 1 heterocycles. The van der Waals surface area contributed by atoms with Gasteiger partial charge in [0, 0.05) is 12.0 Å². The molecule has 0 spiro atoms. The van der Waals surface area contributed by atoms with Gasteiger partial charge in [0.25, 0.3) is 0 Å². The summed E-state index contributed by atoms with van der Waals surface area (Å²) in [5.41, 5.74) is 2.05. The van der Waals surface area contributed by atoms with Gasteiger partial charge in [-0.15, -0.1) is 0 Å². The quantitative estimate of drug-likeness (QED) is 0.395. The average molecular weight is 264 g/mol. The van der Waals surface area contributed by atoms with Crippen molar-refractivity contribution in [1.29, 1.82) is 0 Å². The Bertz CT molecular complexity index is 461. The second kappa shape index (κ2) is 5.31. The van der Waals surface area contributed by atoms with E-state index in [4.69, 9.17) is 4.74 Å². The van der Waals surface area contributed by atoms with Gasteiger partial charge in [-0.3, -0.25) is 0 Å². The van der Waals surface area contributed by atoms with Gasteiger partial charge in [-0.2, -0.15) is 0 Å². The van der Waals surface area contributed by atoms with Crippen LogP contribution in [0.2, 0.25) is 0 Å². The molecule has 2 rings (SSSR count). The van der Waals surface area contributed by atoms with E-state index in [0.717, 1.165) is 5.57 Å². The zero-order valence-electron chi connectivity index (χ0n) is 11.3. The minimum absolute atomic E-state index is 0.310. The highest BCUT2D eigenvalue weighted by Gasteiger charge is 2.42. The second-order valence-corrected chi connectivity index (χ2v) is 5.40. The van der Waals surface area contributed by atoms with Crippen molar-refractivity contribution >= 4 is 5.97 Å². The number of fused-ring (bicyclic) bond motifs is 1. The van der Waals surface area contributed by atoms with Gasteiger partial charge < -0.3 is 14.9 Å². The van der Waals surface area contributed by atoms with Crippen LogP contribution in [0.3, 0.4) is 0 Å². The van der Waals surface area contributed by atoms with Crippen LogP contribution in [0.1, 0.15) is 26.7 Å². The minimum Gasteiger partial charge on any atom is -0.458 e. The first-order valence-electron chi connectivity index (χ1n) is 6.50. The van der Waals surface area contributed by atoms with E-state index in [-0.39, 0.29) is 6.10 Å². The van der Waals surface area contributed by atoms with Crippen molar-refractivity contribution in [1.82, 2.24) is 0 Å². The highest BCUT2D eigenvalue weighted by atomic mass is 16.6. The molecule has 0 aromatic rings. The highest BCUT2D eigenvalue weighted by Crippen LogP contribution is 2.35. The second-order valence-electron chi connectivity index (χ2n) is 5.40. The number of hydrogen-bond acceptors (Lipinski definition) is 4. The van der Waals surface area contributed by atoms with E-state index < -0.39 is 24.1 Å². The van der Waals surface area contributed by atoms with Gasteiger partial charge in [0.15, 0.2) is 0 Å². The summed E-state index contributed by atoms with van der Waals surface area (Å²) in [6, 6.07) is 0. The third-order valence-corrected chi connectivity index (χ3v) is 3.86. The Kier molecular flexibility index (Phi) is 3.92. The molecule has 4 atom stereocenters. The Labute approximate surface area is 113 Å². The predicted molar refractivity (Wildman–Crippen MR) is 71.3 cm³/mol. The van der Waals surface area contributed by atoms with E-state index in [0.29, 0.717) is 24.0 Å². The highest BCUT2D eigenvalue weighted by molar-refractivity contribution is 5.91. The molecule has 19 heavy (non-hydrogen) atoms. The molecule has 0 unspecified atom stereocenters. The van der Waals surface area contributed by atoms with Crippen molar-refractivity contribution < 1.29 is 19.7 Å². The fraction of sp³-hybridized carbons (Fsp3) is 0.533. The van der Waals surface area contributed by atoms with Crippen molar-refractivity contribution in [3.8, 4) is 0 Å². The first-order chi connectivity index (χ1) is 8.90. The lowest BCUT2D eigenvalue weighted by atomic mass is 9.85. The predicted octanol–water partition coefficient (Wildman–Crippen LogP) is 1.49. The number of aliphatic hydroxyl groups is 2. The molecule has 104 valence electrons. The number of esters is 1. The number of carbonyl (C=O) groups is 1. The van der Waals surface area contributed by atoms with Gasteiger partial charge in [-0.05, 0) is 25.8 Å². The van der Waals surface area contributed by atoms with Gasteiger partial charge in [-0.25, -0.2) is 4.79 Å². The molecule has 1 aliphatic carbocycles. The summed E-state index contributed by atoms with van der Waals surface area (Å²) in [6.45, 7) is 7.43. The summed E-state index contributed by atoms with van der Waals surface area (Å²) >= 11 is 0. The van der Waals surface area contributed by atoms with Crippen LogP contribution in [0, 0.1) is 5.92 Å². The standard InChI is InChI=1S/C15H20O4/c1-8-4-5-11(16)9(2)7-12(17)14-10(3)15(18)19-13(14)6-8/h4,7,11-14,16-17H,3,5-6H2,1-2H3/b8-4-,9-7-/t11-,12-,13+,14+/m1/s1. The zero-order valence-corrected chi connectivity index (χ0v) is 11.3. The lowest BCUT2D eigenvalue weighted by Gasteiger charge is -2.24. The fourth-order valence-electron chi connectivity index (χ4n) is 2.63. The van der Waals surface area contributed by atoms with Crippen molar-refractivity contribution in [3.05, 3.63) is 35.5 Å². The summed E-state index contributed by atoms with van der Waals surface area (Å²) in [7, 11) is 0. The van der Waals surface area contributed by atoms with E-state index in [9.17, 15) is 15.0 Å². The summed E-state index contributed by atoms with van der Waals surface area (Å²) in [5.74, 6) is -0.871. The van der Waals surface area contributed by atoms with Crippen molar-refractivity contribution in [2.75, 3.05) is 0 Å². The van der Waals surface area contributed by atoms with Gasteiger partial charge >= 0.3 is 5.97 Å². The molecule has 0 radical (unpaired) electrons. The number of hydrogen-bond donors (Lipinski definition) is 2. The fourth-order valence-corrected chi connectivity index (χ4v) is 2.63. The summed E-state index contributed by atoms with van der Waals surface area (Å²) in [4.78, 5) is 11.6. The molecule has 4 heteroatoms. The molecular weight excluding hydrogens is 244 g/mol. The van der Waals surface area contributed by atoms with Crippen molar-refractivity contribution in [3.63, 3.8) is 0 Å². The Morgan fingerprint density at radius 1 is 1.37 bits per heavy atom. The van der Waals surface area contributed by atoms with Crippen LogP contribution < -0.4 is 0 Å². The molecule has 0 amide bonds. The van der Waals surface area contributed by atoms with E-state index in [1.54, 1.807) is 13.0 Å². The maximum atomic E-state index is 11.6. The molecule has 1 saturated heterocycles. The van der Waals surface area contributed by atoms with Crippen LogP contribution in [0.25, 0.3) is 0 Å². The molecule has 0 aromatic heterocycles. The van der Waals surface area contributed by atoms with Crippen LogP contribution >= 0.6 is 0 Å². The van der Waals surface area contributed by atoms with Crippen LogP contribution in [-0.4, -0.2) is 34.5 Å². The molecule has 1 aliphatic heterocycles. The van der Waals surface area contributed by atoms with Gasteiger partial charge in [-0.1, -0.05) is 24.3 Å². The molecule has 0 bridgehead atoms. The summed E-state index contributed by atoms with van der Waals surface area (Å²) in [6.07, 6.45) is 2.79. The maximum absolute atomic E-state index is 11.6. The topological polar surface area (TPSA) is 66.8 Å². The number of carbonyl (C=O) groups excluding carboxylic acids is 1. The van der Waals surface area contributed by atoms with Crippen molar-refractivity contribution in [2.24, 2.45) is 5.92 Å². The first kappa shape index (κ1) is 14.0. The third-order valence-electron chi connectivity index (χ3n) is 3.86. The Balaban J connectivity index is 2.36. The molecular formula is C15H20O4. The van der Waals surface area contributed by atoms with Crippen LogP contribution in [-0.2, 0) is 9.53 Å². The molecule has 1 fully saturated rings. The average Bonchev–Trinajstić information content (AvgIpc) is 2.60. The summed E-state index contributed by atoms with van der Waals surface area (Å²) < 4.78 is 5.28. The van der Waals surface area contributed by atoms with E-state index in [2.05, 4.69) is 6.58 Å². The number of ether oxygens (including phenoxy) is 1. The lowest BCUT2D eigenvalue weighted by Crippen LogP contribution is -2.29. The van der Waals surface area contributed by atoms with Crippen molar-refractivity contribution in [2.45, 2.75) is 45.0 Å². The molecule has 0 saturated carbocycles. The van der Waals surface area contributed by atoms with Crippen LogP contribution in [0.4, 0.5) is 0 Å². The zero-order chi connectivity index (χ0) is 14.2. The monoisotopic (exact) mass is 264 g/mol. The SMILES string of the molecule is C=C1C(=O)O[C@H]2C/C(C)=C\C[C@@H](O)/C(C)=C\[C@@H](O)[C@H]12. The van der Waals surface area contributed by atoms with Gasteiger partial charge in [0.05, 0.1) is 18.1 Å². The Morgan fingerprint density at radius 3 is 2.74 bits per heavy atom. The lowest BCUT2D eigenvalue weighted by molar-refractivity contribution is -0.139. The first-order valence-corrected chi connectivity index (χ1v) is 6.50. The maximum Gasteiger partial charge on any atom is 0.334 e. The van der Waals surface area contributed by atoms with E-state index >= 15 is 0 Å². The van der Waals surface area contributed by atoms with E-state index in [1.165, 1.54) is 0 Å². The largest absolute Gasteiger partial charge is 0.458 e. The van der Waals surface area contributed by atoms with E-state index in [1.807, 2.05) is 13.0 Å². The molecule has 4 nitrogen and oxygen atoms in total. The number of aliphatic hydroxyl groups excluding tert-OH is 2.